The molecule has 3 rings (SSSR count). The van der Waals surface area contributed by atoms with Crippen LogP contribution in [0.4, 0.5) is 0 Å². The maximum atomic E-state index is 3.87. The van der Waals surface area contributed by atoms with Gasteiger partial charge in [-0.2, -0.15) is 0 Å². The van der Waals surface area contributed by atoms with Gasteiger partial charge in [0, 0.05) is 0 Å². The van der Waals surface area contributed by atoms with Gasteiger partial charge >= 0.3 is 0 Å². The second-order valence-electron chi connectivity index (χ2n) is 5.16. The molecule has 106 valence electrons. The van der Waals surface area contributed by atoms with Crippen LogP contribution >= 0.6 is 0 Å². The fraction of sp³-hybridized carbons (Fsp3) is 0. The Kier molecular flexibility index (Phi) is 4.31. The predicted molar refractivity (Wildman–Crippen MR) is 97.3 cm³/mol. The van der Waals surface area contributed by atoms with Crippen molar-refractivity contribution in [3.8, 4) is 11.1 Å². The number of rotatable bonds is 4. The number of hydrogen-bond donors (Lipinski definition) is 0. The van der Waals surface area contributed by atoms with Crippen molar-refractivity contribution in [2.24, 2.45) is 0 Å². The van der Waals surface area contributed by atoms with Crippen molar-refractivity contribution in [3.05, 3.63) is 102 Å². The highest BCUT2D eigenvalue weighted by Crippen LogP contribution is 2.26. The van der Waals surface area contributed by atoms with E-state index in [2.05, 4.69) is 85.5 Å². The van der Waals surface area contributed by atoms with Gasteiger partial charge in [0.2, 0.25) is 0 Å². The van der Waals surface area contributed by atoms with E-state index >= 15 is 0 Å². The van der Waals surface area contributed by atoms with E-state index in [0.29, 0.717) is 0 Å². The van der Waals surface area contributed by atoms with E-state index in [1.54, 1.807) is 0 Å². The van der Waals surface area contributed by atoms with Gasteiger partial charge in [-0.3, -0.25) is 0 Å². The molecule has 0 fully saturated rings. The van der Waals surface area contributed by atoms with Gasteiger partial charge in [0.25, 0.3) is 0 Å². The molecule has 0 heteroatoms. The van der Waals surface area contributed by atoms with Gasteiger partial charge < -0.3 is 0 Å². The van der Waals surface area contributed by atoms with Crippen molar-refractivity contribution in [3.63, 3.8) is 0 Å². The van der Waals surface area contributed by atoms with Crippen molar-refractivity contribution in [1.82, 2.24) is 0 Å². The molecule has 0 radical (unpaired) electrons. The smallest absolute Gasteiger partial charge is 0.0111 e. The second kappa shape index (κ2) is 6.73. The molecule has 0 aromatic heterocycles. The quantitative estimate of drug-likeness (QED) is 0.502. The highest BCUT2D eigenvalue weighted by molar-refractivity contribution is 5.82. The van der Waals surface area contributed by atoms with Gasteiger partial charge in [-0.1, -0.05) is 97.6 Å². The molecular weight excluding hydrogens is 264 g/mol. The molecule has 0 aliphatic heterocycles. The Bertz CT molecular complexity index is 781. The molecule has 0 aliphatic carbocycles. The third-order valence-electron chi connectivity index (χ3n) is 3.65. The summed E-state index contributed by atoms with van der Waals surface area (Å²) in [5.41, 5.74) is 5.99. The highest BCUT2D eigenvalue weighted by atomic mass is 14.1. The summed E-state index contributed by atoms with van der Waals surface area (Å²) < 4.78 is 0. The lowest BCUT2D eigenvalue weighted by atomic mass is 9.96. The first-order chi connectivity index (χ1) is 10.9. The first-order valence-corrected chi connectivity index (χ1v) is 7.42. The van der Waals surface area contributed by atoms with Gasteiger partial charge in [-0.15, -0.1) is 0 Å². The maximum absolute atomic E-state index is 3.87. The molecule has 0 unspecified atom stereocenters. The van der Waals surface area contributed by atoms with E-state index < -0.39 is 0 Å². The summed E-state index contributed by atoms with van der Waals surface area (Å²) in [6.45, 7) is 3.87. The molecule has 0 amide bonds. The van der Waals surface area contributed by atoms with Gasteiger partial charge in [0.05, 0.1) is 0 Å². The summed E-state index contributed by atoms with van der Waals surface area (Å²) in [4.78, 5) is 0. The van der Waals surface area contributed by atoms with Gasteiger partial charge in [0.15, 0.2) is 0 Å². The van der Waals surface area contributed by atoms with Crippen LogP contribution in [0.3, 0.4) is 0 Å². The third-order valence-corrected chi connectivity index (χ3v) is 3.65. The fourth-order valence-corrected chi connectivity index (χ4v) is 2.48. The zero-order valence-electron chi connectivity index (χ0n) is 12.4. The van der Waals surface area contributed by atoms with E-state index in [4.69, 9.17) is 0 Å². The van der Waals surface area contributed by atoms with Crippen LogP contribution in [0.25, 0.3) is 29.4 Å². The molecule has 0 bridgehead atoms. The highest BCUT2D eigenvalue weighted by Gasteiger charge is 2.03. The van der Waals surface area contributed by atoms with Gasteiger partial charge in [0.1, 0.15) is 0 Å². The normalized spacial score (nSPS) is 10.7. The summed E-state index contributed by atoms with van der Waals surface area (Å²) in [6, 6.07) is 27.3. The minimum absolute atomic E-state index is 1.13. The zero-order valence-corrected chi connectivity index (χ0v) is 12.4. The lowest BCUT2D eigenvalue weighted by molar-refractivity contribution is 1.57. The van der Waals surface area contributed by atoms with Crippen LogP contribution in [0.5, 0.6) is 0 Å². The van der Waals surface area contributed by atoms with Gasteiger partial charge in [-0.05, 0) is 33.9 Å². The molecule has 0 atom stereocenters. The summed E-state index contributed by atoms with van der Waals surface area (Å²) in [5.74, 6) is 0. The molecule has 0 saturated heterocycles. The van der Waals surface area contributed by atoms with Crippen molar-refractivity contribution in [2.75, 3.05) is 0 Å². The van der Waals surface area contributed by atoms with E-state index in [-0.39, 0.29) is 0 Å². The molecule has 3 aromatic rings. The molecular formula is C22H18. The Morgan fingerprint density at radius 1 is 0.636 bits per heavy atom. The van der Waals surface area contributed by atoms with Crippen LogP contribution in [0.15, 0.2) is 85.4 Å². The van der Waals surface area contributed by atoms with E-state index in [0.717, 1.165) is 5.56 Å². The lowest BCUT2D eigenvalue weighted by Crippen LogP contribution is -1.85. The molecule has 3 aromatic carbocycles. The first-order valence-electron chi connectivity index (χ1n) is 7.42. The minimum atomic E-state index is 1.13. The SMILES string of the molecule is C=Cc1ccc(-c2ccccc2)c(C=Cc2ccccc2)c1. The third kappa shape index (κ3) is 3.24. The molecule has 0 N–H and O–H groups in total. The van der Waals surface area contributed by atoms with E-state index in [1.807, 2.05) is 18.2 Å². The van der Waals surface area contributed by atoms with Crippen molar-refractivity contribution >= 4 is 18.2 Å². The fourth-order valence-electron chi connectivity index (χ4n) is 2.48. The zero-order chi connectivity index (χ0) is 15.2. The molecule has 22 heavy (non-hydrogen) atoms. The number of benzene rings is 3. The summed E-state index contributed by atoms with van der Waals surface area (Å²) in [5, 5.41) is 0. The second-order valence-corrected chi connectivity index (χ2v) is 5.16. The topological polar surface area (TPSA) is 0 Å². The molecule has 0 heterocycles. The van der Waals surface area contributed by atoms with Crippen LogP contribution in [-0.4, -0.2) is 0 Å². The van der Waals surface area contributed by atoms with Crippen LogP contribution in [0, 0.1) is 0 Å². The van der Waals surface area contributed by atoms with Crippen LogP contribution in [0.1, 0.15) is 16.7 Å². The van der Waals surface area contributed by atoms with E-state index in [9.17, 15) is 0 Å². The largest absolute Gasteiger partial charge is 0.0985 e. The monoisotopic (exact) mass is 282 g/mol. The molecule has 0 spiro atoms. The average molecular weight is 282 g/mol. The summed E-state index contributed by atoms with van der Waals surface area (Å²) in [7, 11) is 0. The average Bonchev–Trinajstić information content (AvgIpc) is 2.61. The van der Waals surface area contributed by atoms with Crippen LogP contribution in [-0.2, 0) is 0 Å². The maximum Gasteiger partial charge on any atom is -0.0111 e. The predicted octanol–water partition coefficient (Wildman–Crippen LogP) is 6.17. The molecule has 0 nitrogen and oxygen atoms in total. The Morgan fingerprint density at radius 2 is 1.32 bits per heavy atom. The van der Waals surface area contributed by atoms with Crippen molar-refractivity contribution < 1.29 is 0 Å². The Labute approximate surface area is 132 Å². The lowest BCUT2D eigenvalue weighted by Gasteiger charge is -2.08. The van der Waals surface area contributed by atoms with Crippen molar-refractivity contribution in [2.45, 2.75) is 0 Å². The van der Waals surface area contributed by atoms with Crippen molar-refractivity contribution in [1.29, 1.82) is 0 Å². The summed E-state index contributed by atoms with van der Waals surface area (Å²) in [6.07, 6.45) is 6.20. The molecule has 0 saturated carbocycles. The summed E-state index contributed by atoms with van der Waals surface area (Å²) >= 11 is 0. The van der Waals surface area contributed by atoms with Crippen LogP contribution < -0.4 is 0 Å². The number of hydrogen-bond acceptors (Lipinski definition) is 0. The Hall–Kier alpha value is -2.86. The first kappa shape index (κ1) is 14.1. The standard InChI is InChI=1S/C22H18/c1-2-18-14-16-22(20-11-7-4-8-12-20)21(17-18)15-13-19-9-5-3-6-10-19/h2-17H,1H2. The molecule has 0 aliphatic rings. The Balaban J connectivity index is 2.04. The van der Waals surface area contributed by atoms with Crippen LogP contribution in [0.2, 0.25) is 0 Å². The Morgan fingerprint density at radius 3 is 2.00 bits per heavy atom. The van der Waals surface area contributed by atoms with E-state index in [1.165, 1.54) is 22.3 Å². The minimum Gasteiger partial charge on any atom is -0.0985 e. The van der Waals surface area contributed by atoms with Gasteiger partial charge in [-0.25, -0.2) is 0 Å².